The van der Waals surface area contributed by atoms with E-state index in [1.54, 1.807) is 18.2 Å². The fraction of sp³-hybridized carbons (Fsp3) is 0.410. The molecule has 2 atom stereocenters. The first-order chi connectivity index (χ1) is 25.9. The number of benzene rings is 2. The molecule has 54 heavy (non-hydrogen) atoms. The first-order valence-corrected chi connectivity index (χ1v) is 19.3. The quantitative estimate of drug-likeness (QED) is 0.0707. The van der Waals surface area contributed by atoms with Crippen molar-refractivity contribution in [1.29, 1.82) is 0 Å². The molecular formula is C39H41Cl2F2N3O7S. The second-order valence-electron chi connectivity index (χ2n) is 13.8. The third-order valence-corrected chi connectivity index (χ3v) is 11.5. The summed E-state index contributed by atoms with van der Waals surface area (Å²) in [6, 6.07) is 14.5. The predicted octanol–water partition coefficient (Wildman–Crippen LogP) is 6.42. The number of carbonyl (C=O) groups is 2. The fourth-order valence-corrected chi connectivity index (χ4v) is 8.16. The summed E-state index contributed by atoms with van der Waals surface area (Å²) in [7, 11) is 2.07. The normalized spacial score (nSPS) is 16.3. The van der Waals surface area contributed by atoms with Gasteiger partial charge in [0, 0.05) is 27.6 Å². The zero-order valence-corrected chi connectivity index (χ0v) is 31.8. The van der Waals surface area contributed by atoms with E-state index in [-0.39, 0.29) is 45.3 Å². The first kappa shape index (κ1) is 39.7. The Bertz CT molecular complexity index is 1900. The van der Waals surface area contributed by atoms with Crippen molar-refractivity contribution >= 4 is 46.5 Å². The van der Waals surface area contributed by atoms with E-state index in [1.165, 1.54) is 18.5 Å². The van der Waals surface area contributed by atoms with Crippen LogP contribution in [0, 0.1) is 11.8 Å². The monoisotopic (exact) mass is 803 g/mol. The van der Waals surface area contributed by atoms with Crippen LogP contribution in [0.3, 0.4) is 0 Å². The average Bonchev–Trinajstić information content (AvgIpc) is 3.87. The lowest BCUT2D eigenvalue weighted by Crippen LogP contribution is -2.34. The standard InChI is InChI=1S/C39H41Cl2F2N3O7S/c1-45-13-11-24(12-14-45)22-52-38(49)35(25-5-3-2-4-6-25)44-18-27-16-29(36(54-27)37(47)48)28(17-30-31(40)19-46(50)20-32(30)41)26-9-10-33(53-39(42)43)34(15-26)51-21-23-7-8-23/h2-6,9-10,15-16,19-20,23-24,28,35,39,44H,7-8,11-14,17-18,21-22H2,1H3,(H-,47,48,50)/t28-,35?/m0/s1. The van der Waals surface area contributed by atoms with Gasteiger partial charge in [0.05, 0.1) is 24.1 Å². The Labute approximate surface area is 326 Å². The number of nitrogens with zero attached hydrogens (tertiary/aromatic N) is 2. The van der Waals surface area contributed by atoms with Crippen molar-refractivity contribution in [2.24, 2.45) is 11.8 Å². The highest BCUT2D eigenvalue weighted by Crippen LogP contribution is 2.42. The number of carbonyl (C=O) groups excluding carboxylic acids is 2. The number of aromatic carboxylic acids is 1. The number of hydrogen-bond acceptors (Lipinski definition) is 10. The minimum atomic E-state index is -3.09. The number of hydrogen-bond donors (Lipinski definition) is 2. The summed E-state index contributed by atoms with van der Waals surface area (Å²) in [5, 5.41) is 26.3. The Morgan fingerprint density at radius 1 is 0.981 bits per heavy atom. The maximum atomic E-state index is 13.6. The molecule has 15 heteroatoms. The molecule has 1 saturated heterocycles. The molecule has 4 aromatic rings. The van der Waals surface area contributed by atoms with Gasteiger partial charge in [-0.2, -0.15) is 8.78 Å². The third kappa shape index (κ3) is 10.4. The molecule has 0 radical (unpaired) electrons. The maximum absolute atomic E-state index is 13.6. The molecule has 2 aromatic heterocycles. The molecule has 1 unspecified atom stereocenters. The van der Waals surface area contributed by atoms with Gasteiger partial charge >= 0.3 is 12.6 Å². The molecule has 1 aliphatic heterocycles. The molecule has 1 saturated carbocycles. The molecule has 2 aromatic carbocycles. The van der Waals surface area contributed by atoms with Crippen molar-refractivity contribution in [3.63, 3.8) is 0 Å². The van der Waals surface area contributed by atoms with Crippen molar-refractivity contribution < 1.29 is 47.6 Å². The number of alkyl halides is 2. The number of pyridine rings is 1. The Balaban J connectivity index is 1.32. The number of likely N-dealkylation sites (tertiary alicyclic amines) is 1. The van der Waals surface area contributed by atoms with Crippen LogP contribution in [0.4, 0.5) is 8.78 Å². The van der Waals surface area contributed by atoms with Crippen molar-refractivity contribution in [2.45, 2.75) is 57.2 Å². The Kier molecular flexibility index (Phi) is 13.3. The minimum Gasteiger partial charge on any atom is -0.544 e. The zero-order valence-electron chi connectivity index (χ0n) is 29.5. The number of carboxylic acids is 1. The van der Waals surface area contributed by atoms with Crippen LogP contribution in [0.1, 0.15) is 74.4 Å². The van der Waals surface area contributed by atoms with Crippen LogP contribution in [0.5, 0.6) is 11.5 Å². The van der Waals surface area contributed by atoms with Gasteiger partial charge in [-0.1, -0.05) is 59.6 Å². The van der Waals surface area contributed by atoms with Gasteiger partial charge < -0.3 is 29.0 Å². The first-order valence-electron chi connectivity index (χ1n) is 17.7. The lowest BCUT2D eigenvalue weighted by Gasteiger charge is -2.29. The number of nitrogens with one attached hydrogen (secondary N) is 1. The maximum Gasteiger partial charge on any atom is 0.387 e. The van der Waals surface area contributed by atoms with E-state index in [4.69, 9.17) is 37.4 Å². The van der Waals surface area contributed by atoms with Crippen molar-refractivity contribution in [2.75, 3.05) is 33.4 Å². The van der Waals surface area contributed by atoms with Crippen LogP contribution in [0.25, 0.3) is 0 Å². The molecule has 0 spiro atoms. The van der Waals surface area contributed by atoms with E-state index in [9.17, 15) is 28.7 Å². The number of esters is 1. The highest BCUT2D eigenvalue weighted by atomic mass is 35.5. The van der Waals surface area contributed by atoms with Gasteiger partial charge in [0.25, 0.3) is 0 Å². The molecule has 288 valence electrons. The van der Waals surface area contributed by atoms with E-state index in [0.717, 1.165) is 50.1 Å². The second-order valence-corrected chi connectivity index (χ2v) is 15.7. The van der Waals surface area contributed by atoms with E-state index in [2.05, 4.69) is 17.3 Å². The van der Waals surface area contributed by atoms with Gasteiger partial charge in [-0.25, -0.2) is 4.79 Å². The number of ether oxygens (including phenoxy) is 3. The Morgan fingerprint density at radius 3 is 2.31 bits per heavy atom. The summed E-state index contributed by atoms with van der Waals surface area (Å²) in [5.41, 5.74) is 1.96. The highest BCUT2D eigenvalue weighted by Gasteiger charge is 2.29. The molecule has 2 N–H and O–H groups in total. The third-order valence-electron chi connectivity index (χ3n) is 9.75. The predicted molar refractivity (Wildman–Crippen MR) is 197 cm³/mol. The number of thiophene rings is 1. The van der Waals surface area contributed by atoms with Gasteiger partial charge in [0.1, 0.15) is 16.1 Å². The van der Waals surface area contributed by atoms with E-state index in [1.807, 2.05) is 30.3 Å². The molecule has 10 nitrogen and oxygen atoms in total. The fourth-order valence-electron chi connectivity index (χ4n) is 6.55. The molecule has 6 rings (SSSR count). The molecule has 2 fully saturated rings. The topological polar surface area (TPSA) is 124 Å². The summed E-state index contributed by atoms with van der Waals surface area (Å²) in [6.45, 7) is -0.484. The lowest BCUT2D eigenvalue weighted by atomic mass is 9.85. The average molecular weight is 805 g/mol. The number of aromatic nitrogens is 1. The molecule has 0 bridgehead atoms. The summed E-state index contributed by atoms with van der Waals surface area (Å²) < 4.78 is 44.0. The van der Waals surface area contributed by atoms with E-state index >= 15 is 0 Å². The van der Waals surface area contributed by atoms with Gasteiger partial charge in [0.15, 0.2) is 11.5 Å². The Hall–Kier alpha value is -4.01. The number of halogens is 4. The summed E-state index contributed by atoms with van der Waals surface area (Å²) in [6.07, 6.45) is 6.36. The largest absolute Gasteiger partial charge is 0.544 e. The number of rotatable bonds is 17. The van der Waals surface area contributed by atoms with Crippen molar-refractivity contribution in [3.05, 3.63) is 109 Å². The van der Waals surface area contributed by atoms with Crippen LogP contribution >= 0.6 is 34.5 Å². The minimum absolute atomic E-state index is 0.0510. The molecular weight excluding hydrogens is 763 g/mol. The lowest BCUT2D eigenvalue weighted by molar-refractivity contribution is -0.904. The summed E-state index contributed by atoms with van der Waals surface area (Å²) in [5.74, 6) is -2.12. The molecule has 0 amide bonds. The van der Waals surface area contributed by atoms with Gasteiger partial charge in [0.2, 0.25) is 12.4 Å². The smallest absolute Gasteiger partial charge is 0.387 e. The molecule has 3 heterocycles. The van der Waals surface area contributed by atoms with E-state index in [0.29, 0.717) is 51.0 Å². The summed E-state index contributed by atoms with van der Waals surface area (Å²) in [4.78, 5) is 29.0. The van der Waals surface area contributed by atoms with Crippen LogP contribution < -0.4 is 24.6 Å². The van der Waals surface area contributed by atoms with Crippen molar-refractivity contribution in [3.8, 4) is 11.5 Å². The van der Waals surface area contributed by atoms with Crippen LogP contribution in [-0.2, 0) is 22.5 Å². The van der Waals surface area contributed by atoms with Crippen LogP contribution in [0.15, 0.2) is 67.0 Å². The van der Waals surface area contributed by atoms with Crippen LogP contribution in [-0.4, -0.2) is 62.0 Å². The second kappa shape index (κ2) is 18.1. The summed E-state index contributed by atoms with van der Waals surface area (Å²) >= 11 is 14.1. The molecule has 1 aliphatic carbocycles. The van der Waals surface area contributed by atoms with Crippen molar-refractivity contribution in [1.82, 2.24) is 10.2 Å². The van der Waals surface area contributed by atoms with Gasteiger partial charge in [-0.15, -0.1) is 11.3 Å². The highest BCUT2D eigenvalue weighted by molar-refractivity contribution is 7.14. The number of carboxylic acid groups (broad SMARTS) is 1. The van der Waals surface area contributed by atoms with Gasteiger partial charge in [-0.3, -0.25) is 10.5 Å². The molecule has 2 aliphatic rings. The Morgan fingerprint density at radius 2 is 1.67 bits per heavy atom. The van der Waals surface area contributed by atoms with Gasteiger partial charge in [-0.05, 0) is 99.0 Å². The van der Waals surface area contributed by atoms with Crippen LogP contribution in [0.2, 0.25) is 10.0 Å². The number of piperidine rings is 1. The van der Waals surface area contributed by atoms with E-state index < -0.39 is 30.5 Å². The zero-order chi connectivity index (χ0) is 38.4. The SMILES string of the molecule is CN1CCC(COC(=O)C(NCc2cc([C@@H](Cc3c(Cl)c[n+](O)cc3Cl)c3ccc(OC(F)F)c(OCC4CC4)c3)c(C(=O)[O-])s2)c2ccccc2)CC1.